The number of hydrogen-bond acceptors (Lipinski definition) is 7. The summed E-state index contributed by atoms with van der Waals surface area (Å²) in [5.41, 5.74) is 0.371. The van der Waals surface area contributed by atoms with Gasteiger partial charge in [0.25, 0.3) is 0 Å². The highest BCUT2D eigenvalue weighted by Gasteiger charge is 2.38. The molecular formula is C29H16ClF3N4O4. The van der Waals surface area contributed by atoms with Crippen molar-refractivity contribution >= 4 is 28.2 Å². The van der Waals surface area contributed by atoms with Crippen molar-refractivity contribution in [1.82, 2.24) is 19.6 Å². The van der Waals surface area contributed by atoms with Gasteiger partial charge in [0.1, 0.15) is 17.7 Å². The fourth-order valence-corrected chi connectivity index (χ4v) is 5.27. The van der Waals surface area contributed by atoms with E-state index in [1.165, 1.54) is 30.1 Å². The maximum Gasteiger partial charge on any atom is 0.416 e. The van der Waals surface area contributed by atoms with Crippen LogP contribution < -0.4 is 15.1 Å². The van der Waals surface area contributed by atoms with E-state index in [0.717, 1.165) is 12.1 Å². The van der Waals surface area contributed by atoms with Crippen LogP contribution in [0.25, 0.3) is 28.0 Å². The minimum absolute atomic E-state index is 0.107. The van der Waals surface area contributed by atoms with E-state index in [0.29, 0.717) is 38.4 Å². The number of fused-ring (bicyclic) bond motifs is 6. The van der Waals surface area contributed by atoms with E-state index in [1.54, 1.807) is 42.5 Å². The van der Waals surface area contributed by atoms with E-state index in [-0.39, 0.29) is 28.7 Å². The molecule has 4 heterocycles. The van der Waals surface area contributed by atoms with Crippen molar-refractivity contribution in [3.8, 4) is 28.8 Å². The zero-order chi connectivity index (χ0) is 28.5. The number of para-hydroxylation sites is 1. The van der Waals surface area contributed by atoms with Crippen molar-refractivity contribution in [3.05, 3.63) is 111 Å². The van der Waals surface area contributed by atoms with Gasteiger partial charge in [-0.25, -0.2) is 19.3 Å². The Bertz CT molecular complexity index is 2060. The van der Waals surface area contributed by atoms with Crippen LogP contribution in [0.2, 0.25) is 5.02 Å². The molecule has 6 aromatic rings. The number of aromatic nitrogens is 4. The van der Waals surface area contributed by atoms with E-state index in [9.17, 15) is 18.0 Å². The number of methoxy groups -OCH3 is 1. The zero-order valence-corrected chi connectivity index (χ0v) is 21.7. The Labute approximate surface area is 233 Å². The lowest BCUT2D eigenvalue weighted by Crippen LogP contribution is -2.22. The van der Waals surface area contributed by atoms with Gasteiger partial charge in [-0.05, 0) is 48.0 Å². The molecule has 0 saturated carbocycles. The molecule has 12 heteroatoms. The van der Waals surface area contributed by atoms with Crippen LogP contribution in [-0.2, 0) is 6.18 Å². The van der Waals surface area contributed by atoms with Crippen molar-refractivity contribution < 1.29 is 27.1 Å². The summed E-state index contributed by atoms with van der Waals surface area (Å²) in [6, 6.07) is 16.4. The second-order valence-corrected chi connectivity index (χ2v) is 9.73. The van der Waals surface area contributed by atoms with E-state index >= 15 is 0 Å². The van der Waals surface area contributed by atoms with Crippen molar-refractivity contribution in [2.75, 3.05) is 7.11 Å². The highest BCUT2D eigenvalue weighted by Crippen LogP contribution is 2.49. The molecule has 8 nitrogen and oxygen atoms in total. The first-order valence-corrected chi connectivity index (χ1v) is 12.6. The summed E-state index contributed by atoms with van der Waals surface area (Å²) >= 11 is 6.23. The van der Waals surface area contributed by atoms with Crippen LogP contribution >= 0.6 is 11.6 Å². The van der Waals surface area contributed by atoms with Gasteiger partial charge in [-0.1, -0.05) is 35.9 Å². The summed E-state index contributed by atoms with van der Waals surface area (Å²) in [4.78, 5) is 22.6. The van der Waals surface area contributed by atoms with Gasteiger partial charge in [-0.15, -0.1) is 5.10 Å². The molecule has 0 N–H and O–H groups in total. The molecule has 1 aliphatic heterocycles. The second-order valence-electron chi connectivity index (χ2n) is 9.29. The predicted octanol–water partition coefficient (Wildman–Crippen LogP) is 6.86. The first-order chi connectivity index (χ1) is 19.7. The number of nitrogens with zero attached hydrogens (tertiary/aromatic N) is 4. The third-order valence-corrected chi connectivity index (χ3v) is 7.17. The SMILES string of the molecule is COc1ccc(Cl)cc1-c1nc2c3c(ncn2n1)Oc1c(c(=O)oc2ccccc12)C3c1ccc(C(F)(F)F)cc1. The summed E-state index contributed by atoms with van der Waals surface area (Å²) in [5.74, 6) is 0.124. The van der Waals surface area contributed by atoms with Gasteiger partial charge < -0.3 is 13.9 Å². The predicted molar refractivity (Wildman–Crippen MR) is 143 cm³/mol. The molecule has 0 saturated heterocycles. The van der Waals surface area contributed by atoms with Crippen molar-refractivity contribution in [2.45, 2.75) is 12.1 Å². The Hall–Kier alpha value is -4.90. The number of hydrogen-bond donors (Lipinski definition) is 0. The Kier molecular flexibility index (Phi) is 5.55. The molecule has 7 rings (SSSR count). The molecule has 1 unspecified atom stereocenters. The minimum Gasteiger partial charge on any atom is -0.496 e. The summed E-state index contributed by atoms with van der Waals surface area (Å²) in [6.45, 7) is 0. The molecule has 1 aliphatic rings. The van der Waals surface area contributed by atoms with E-state index in [1.807, 2.05) is 0 Å². The fourth-order valence-electron chi connectivity index (χ4n) is 5.10. The van der Waals surface area contributed by atoms with Gasteiger partial charge in [0.2, 0.25) is 5.88 Å². The van der Waals surface area contributed by atoms with E-state index < -0.39 is 23.3 Å². The van der Waals surface area contributed by atoms with Gasteiger partial charge in [-0.3, -0.25) is 0 Å². The number of halogens is 4. The lowest BCUT2D eigenvalue weighted by molar-refractivity contribution is -0.137. The van der Waals surface area contributed by atoms with Crippen LogP contribution in [0.15, 0.2) is 82.3 Å². The maximum atomic E-state index is 13.5. The number of benzene rings is 3. The molecule has 0 fully saturated rings. The molecule has 0 radical (unpaired) electrons. The third-order valence-electron chi connectivity index (χ3n) is 6.94. The molecule has 204 valence electrons. The quantitative estimate of drug-likeness (QED) is 0.212. The summed E-state index contributed by atoms with van der Waals surface area (Å²) in [5, 5.41) is 5.49. The van der Waals surface area contributed by atoms with Gasteiger partial charge in [0.15, 0.2) is 17.2 Å². The number of ether oxygens (including phenoxy) is 2. The van der Waals surface area contributed by atoms with Crippen molar-refractivity contribution in [2.24, 2.45) is 0 Å². The van der Waals surface area contributed by atoms with Crippen LogP contribution in [0, 0.1) is 0 Å². The lowest BCUT2D eigenvalue weighted by atomic mass is 9.84. The smallest absolute Gasteiger partial charge is 0.416 e. The van der Waals surface area contributed by atoms with Gasteiger partial charge in [-0.2, -0.15) is 13.2 Å². The lowest BCUT2D eigenvalue weighted by Gasteiger charge is -2.27. The summed E-state index contributed by atoms with van der Waals surface area (Å²) in [7, 11) is 1.50. The summed E-state index contributed by atoms with van der Waals surface area (Å²) < 4.78 is 58.9. The molecule has 1 atom stereocenters. The average molecular weight is 577 g/mol. The minimum atomic E-state index is -4.54. The molecule has 41 heavy (non-hydrogen) atoms. The van der Waals surface area contributed by atoms with Gasteiger partial charge >= 0.3 is 11.8 Å². The molecule has 0 bridgehead atoms. The van der Waals surface area contributed by atoms with E-state index in [2.05, 4.69) is 10.1 Å². The molecule has 0 amide bonds. The Balaban J connectivity index is 1.52. The maximum absolute atomic E-state index is 13.5. The average Bonchev–Trinajstić information content (AvgIpc) is 3.40. The zero-order valence-electron chi connectivity index (χ0n) is 20.9. The standard InChI is InChI=1S/C29H16ClF3N4O4/c1-39-19-11-10-16(30)12-18(19)25-35-26-23-21(14-6-8-15(9-7-14)29(31,32)33)22-24(41-27(23)34-13-37(26)36-25)17-4-2-3-5-20(17)40-28(22)38/h2-13,21H,1H3. The highest BCUT2D eigenvalue weighted by atomic mass is 35.5. The Morgan fingerprint density at radius 2 is 1.80 bits per heavy atom. The molecule has 3 aromatic carbocycles. The topological polar surface area (TPSA) is 91.8 Å². The molecular weight excluding hydrogens is 561 g/mol. The van der Waals surface area contributed by atoms with E-state index in [4.69, 9.17) is 30.5 Å². The fraction of sp³-hybridized carbons (Fsp3) is 0.103. The third kappa shape index (κ3) is 4.00. The van der Waals surface area contributed by atoms with Crippen LogP contribution in [0.4, 0.5) is 13.2 Å². The molecule has 0 spiro atoms. The summed E-state index contributed by atoms with van der Waals surface area (Å²) in [6.07, 6.45) is -3.13. The molecule has 3 aromatic heterocycles. The monoisotopic (exact) mass is 576 g/mol. The first-order valence-electron chi connectivity index (χ1n) is 12.2. The Morgan fingerprint density at radius 3 is 2.56 bits per heavy atom. The molecule has 0 aliphatic carbocycles. The largest absolute Gasteiger partial charge is 0.496 e. The number of rotatable bonds is 3. The van der Waals surface area contributed by atoms with Crippen LogP contribution in [0.3, 0.4) is 0 Å². The van der Waals surface area contributed by atoms with Crippen molar-refractivity contribution in [1.29, 1.82) is 0 Å². The highest BCUT2D eigenvalue weighted by molar-refractivity contribution is 6.30. The number of alkyl halides is 3. The van der Waals surface area contributed by atoms with Crippen LogP contribution in [0.1, 0.15) is 28.2 Å². The van der Waals surface area contributed by atoms with Gasteiger partial charge in [0, 0.05) is 5.02 Å². The Morgan fingerprint density at radius 1 is 1.02 bits per heavy atom. The normalized spacial score (nSPS) is 14.5. The van der Waals surface area contributed by atoms with Crippen LogP contribution in [-0.4, -0.2) is 26.7 Å². The van der Waals surface area contributed by atoms with Gasteiger partial charge in [0.05, 0.1) is 40.7 Å². The van der Waals surface area contributed by atoms with Crippen molar-refractivity contribution in [3.63, 3.8) is 0 Å². The van der Waals surface area contributed by atoms with Crippen LogP contribution in [0.5, 0.6) is 17.4 Å². The second kappa shape index (κ2) is 9.07. The first kappa shape index (κ1) is 25.1.